The maximum Gasteiger partial charge on any atom is 0.258 e. The highest BCUT2D eigenvalue weighted by molar-refractivity contribution is 9.10. The van der Waals surface area contributed by atoms with Gasteiger partial charge < -0.3 is 11.1 Å². The van der Waals surface area contributed by atoms with Crippen molar-refractivity contribution >= 4 is 33.2 Å². The molecule has 3 N–H and O–H groups in total. The number of benzene rings is 2. The molecule has 19 heavy (non-hydrogen) atoms. The van der Waals surface area contributed by atoms with E-state index in [0.29, 0.717) is 10.2 Å². The van der Waals surface area contributed by atoms with Crippen LogP contribution in [0.15, 0.2) is 40.9 Å². The number of amides is 1. The van der Waals surface area contributed by atoms with Crippen LogP contribution in [0.1, 0.15) is 10.4 Å². The predicted octanol–water partition coefficient (Wildman–Crippen LogP) is 3.56. The summed E-state index contributed by atoms with van der Waals surface area (Å²) in [7, 11) is 0. The van der Waals surface area contributed by atoms with Gasteiger partial charge in [0.1, 0.15) is 11.6 Å². The van der Waals surface area contributed by atoms with E-state index in [1.807, 2.05) is 0 Å². The molecule has 0 aromatic heterocycles. The molecular weight excluding hydrogens is 318 g/mol. The molecule has 0 radical (unpaired) electrons. The standard InChI is InChI=1S/C13H9BrF2N2O/c14-10-5-7(15)1-4-12(10)18-13(19)9-3-2-8(17)6-11(9)16/h1-6H,17H2,(H,18,19). The van der Waals surface area contributed by atoms with Crippen molar-refractivity contribution in [2.24, 2.45) is 0 Å². The highest BCUT2D eigenvalue weighted by Gasteiger charge is 2.13. The second kappa shape index (κ2) is 5.36. The van der Waals surface area contributed by atoms with E-state index < -0.39 is 17.5 Å². The third-order valence-electron chi connectivity index (χ3n) is 2.42. The third kappa shape index (κ3) is 3.08. The first kappa shape index (κ1) is 13.5. The van der Waals surface area contributed by atoms with Crippen molar-refractivity contribution < 1.29 is 13.6 Å². The fraction of sp³-hybridized carbons (Fsp3) is 0. The maximum absolute atomic E-state index is 13.6. The van der Waals surface area contributed by atoms with Gasteiger partial charge in [-0.05, 0) is 52.3 Å². The van der Waals surface area contributed by atoms with Gasteiger partial charge in [0.25, 0.3) is 5.91 Å². The van der Waals surface area contributed by atoms with Crippen LogP contribution in [0.4, 0.5) is 20.2 Å². The van der Waals surface area contributed by atoms with Crippen LogP contribution in [0.3, 0.4) is 0 Å². The Morgan fingerprint density at radius 1 is 1.16 bits per heavy atom. The van der Waals surface area contributed by atoms with E-state index in [4.69, 9.17) is 5.73 Å². The summed E-state index contributed by atoms with van der Waals surface area (Å²) in [4.78, 5) is 11.9. The normalized spacial score (nSPS) is 10.3. The van der Waals surface area contributed by atoms with E-state index in [1.54, 1.807) is 0 Å². The summed E-state index contributed by atoms with van der Waals surface area (Å²) in [6.07, 6.45) is 0. The van der Waals surface area contributed by atoms with E-state index in [2.05, 4.69) is 21.2 Å². The Morgan fingerprint density at radius 3 is 2.53 bits per heavy atom. The van der Waals surface area contributed by atoms with Crippen LogP contribution in [0.25, 0.3) is 0 Å². The lowest BCUT2D eigenvalue weighted by Gasteiger charge is -2.08. The van der Waals surface area contributed by atoms with E-state index >= 15 is 0 Å². The minimum atomic E-state index is -0.712. The quantitative estimate of drug-likeness (QED) is 0.829. The van der Waals surface area contributed by atoms with Crippen molar-refractivity contribution in [3.8, 4) is 0 Å². The van der Waals surface area contributed by atoms with Gasteiger partial charge in [0.15, 0.2) is 0 Å². The van der Waals surface area contributed by atoms with Crippen LogP contribution in [-0.2, 0) is 0 Å². The molecule has 2 aromatic carbocycles. The molecular formula is C13H9BrF2N2O. The van der Waals surface area contributed by atoms with E-state index in [0.717, 1.165) is 6.07 Å². The number of nitrogens with two attached hydrogens (primary N) is 1. The van der Waals surface area contributed by atoms with Crippen molar-refractivity contribution in [2.45, 2.75) is 0 Å². The Bertz CT molecular complexity index is 647. The Balaban J connectivity index is 2.25. The lowest BCUT2D eigenvalue weighted by atomic mass is 10.1. The van der Waals surface area contributed by atoms with Gasteiger partial charge in [0.2, 0.25) is 0 Å². The molecule has 0 aliphatic heterocycles. The highest BCUT2D eigenvalue weighted by Crippen LogP contribution is 2.24. The van der Waals surface area contributed by atoms with Crippen LogP contribution in [-0.4, -0.2) is 5.91 Å². The molecule has 2 rings (SSSR count). The van der Waals surface area contributed by atoms with Gasteiger partial charge in [0.05, 0.1) is 11.3 Å². The van der Waals surface area contributed by atoms with Crippen molar-refractivity contribution in [2.75, 3.05) is 11.1 Å². The summed E-state index contributed by atoms with van der Waals surface area (Å²) < 4.78 is 26.8. The number of hydrogen-bond donors (Lipinski definition) is 2. The van der Waals surface area contributed by atoms with Gasteiger partial charge in [-0.3, -0.25) is 4.79 Å². The number of halogens is 3. The molecule has 0 heterocycles. The molecule has 0 aliphatic rings. The molecule has 2 aromatic rings. The van der Waals surface area contributed by atoms with Crippen LogP contribution >= 0.6 is 15.9 Å². The molecule has 3 nitrogen and oxygen atoms in total. The smallest absolute Gasteiger partial charge is 0.258 e. The summed E-state index contributed by atoms with van der Waals surface area (Å²) >= 11 is 3.11. The van der Waals surface area contributed by atoms with Gasteiger partial charge in [-0.1, -0.05) is 0 Å². The summed E-state index contributed by atoms with van der Waals surface area (Å²) in [6, 6.07) is 7.56. The minimum absolute atomic E-state index is 0.134. The van der Waals surface area contributed by atoms with Crippen molar-refractivity contribution in [3.05, 3.63) is 58.1 Å². The van der Waals surface area contributed by atoms with E-state index in [9.17, 15) is 13.6 Å². The molecule has 0 aliphatic carbocycles. The lowest BCUT2D eigenvalue weighted by molar-refractivity contribution is 0.102. The first-order valence-corrected chi connectivity index (χ1v) is 6.08. The van der Waals surface area contributed by atoms with Gasteiger partial charge in [0, 0.05) is 10.2 Å². The second-order valence-corrected chi connectivity index (χ2v) is 4.67. The van der Waals surface area contributed by atoms with Crippen molar-refractivity contribution in [3.63, 3.8) is 0 Å². The molecule has 1 amide bonds. The summed E-state index contributed by atoms with van der Waals surface area (Å²) in [5.74, 6) is -1.79. The summed E-state index contributed by atoms with van der Waals surface area (Å²) in [5.41, 5.74) is 5.85. The minimum Gasteiger partial charge on any atom is -0.399 e. The SMILES string of the molecule is Nc1ccc(C(=O)Nc2ccc(F)cc2Br)c(F)c1. The zero-order valence-electron chi connectivity index (χ0n) is 9.58. The van der Waals surface area contributed by atoms with E-state index in [1.165, 1.54) is 30.3 Å². The maximum atomic E-state index is 13.6. The van der Waals surface area contributed by atoms with Crippen LogP contribution in [0.5, 0.6) is 0 Å². The topological polar surface area (TPSA) is 55.1 Å². The van der Waals surface area contributed by atoms with Crippen molar-refractivity contribution in [1.82, 2.24) is 0 Å². The molecule has 0 atom stereocenters. The fourth-order valence-electron chi connectivity index (χ4n) is 1.50. The van der Waals surface area contributed by atoms with Crippen LogP contribution in [0, 0.1) is 11.6 Å². The number of carbonyl (C=O) groups is 1. The Hall–Kier alpha value is -1.95. The average molecular weight is 327 g/mol. The second-order valence-electron chi connectivity index (χ2n) is 3.82. The zero-order chi connectivity index (χ0) is 14.0. The molecule has 0 fully saturated rings. The summed E-state index contributed by atoms with van der Waals surface area (Å²) in [5, 5.41) is 2.48. The molecule has 0 bridgehead atoms. The third-order valence-corrected chi connectivity index (χ3v) is 3.07. The fourth-order valence-corrected chi connectivity index (χ4v) is 1.95. The number of hydrogen-bond acceptors (Lipinski definition) is 2. The largest absolute Gasteiger partial charge is 0.399 e. The number of nitrogen functional groups attached to an aromatic ring is 1. The molecule has 0 unspecified atom stereocenters. The monoisotopic (exact) mass is 326 g/mol. The zero-order valence-corrected chi connectivity index (χ0v) is 11.2. The molecule has 0 saturated carbocycles. The molecule has 0 spiro atoms. The van der Waals surface area contributed by atoms with Gasteiger partial charge in [-0.2, -0.15) is 0 Å². The summed E-state index contributed by atoms with van der Waals surface area (Å²) in [6.45, 7) is 0. The Kier molecular flexibility index (Phi) is 3.80. The lowest BCUT2D eigenvalue weighted by Crippen LogP contribution is -2.14. The Morgan fingerprint density at radius 2 is 1.89 bits per heavy atom. The van der Waals surface area contributed by atoms with Gasteiger partial charge in [-0.15, -0.1) is 0 Å². The molecule has 6 heteroatoms. The van der Waals surface area contributed by atoms with Crippen molar-refractivity contribution in [1.29, 1.82) is 0 Å². The molecule has 0 saturated heterocycles. The number of nitrogens with one attached hydrogen (secondary N) is 1. The van der Waals surface area contributed by atoms with Crippen LogP contribution < -0.4 is 11.1 Å². The first-order chi connectivity index (χ1) is 8.97. The first-order valence-electron chi connectivity index (χ1n) is 5.29. The Labute approximate surface area is 116 Å². The van der Waals surface area contributed by atoms with Gasteiger partial charge >= 0.3 is 0 Å². The predicted molar refractivity (Wildman–Crippen MR) is 72.9 cm³/mol. The highest BCUT2D eigenvalue weighted by atomic mass is 79.9. The van der Waals surface area contributed by atoms with E-state index in [-0.39, 0.29) is 11.3 Å². The van der Waals surface area contributed by atoms with Crippen LogP contribution in [0.2, 0.25) is 0 Å². The molecule has 98 valence electrons. The van der Waals surface area contributed by atoms with Gasteiger partial charge in [-0.25, -0.2) is 8.78 Å². The number of carbonyl (C=O) groups excluding carboxylic acids is 1. The number of anilines is 2. The average Bonchev–Trinajstić information content (AvgIpc) is 2.32. The number of rotatable bonds is 2.